The molecule has 0 aromatic carbocycles. The Morgan fingerprint density at radius 1 is 1.22 bits per heavy atom. The summed E-state index contributed by atoms with van der Waals surface area (Å²) >= 11 is 0. The van der Waals surface area contributed by atoms with Crippen molar-refractivity contribution in [3.05, 3.63) is 22.8 Å². The molecule has 1 fully saturated rings. The molecule has 0 bridgehead atoms. The van der Waals surface area contributed by atoms with Crippen molar-refractivity contribution >= 4 is 11.7 Å². The number of fused-ring (bicyclic) bond motifs is 4. The molecule has 0 aliphatic heterocycles. The number of carbonyl (C=O) groups is 1. The predicted octanol–water partition coefficient (Wildman–Crippen LogP) is 5.31. The molecule has 4 nitrogen and oxygen atoms in total. The Kier molecular flexibility index (Phi) is 4.51. The maximum atomic E-state index is 10.9. The Labute approximate surface area is 163 Å². The fourth-order valence-electron chi connectivity index (χ4n) is 6.86. The topological polar surface area (TPSA) is 67.5 Å². The number of primary amides is 1. The third-order valence-electron chi connectivity index (χ3n) is 8.52. The van der Waals surface area contributed by atoms with Gasteiger partial charge in [0.15, 0.2) is 0 Å². The van der Waals surface area contributed by atoms with E-state index in [-0.39, 0.29) is 0 Å². The lowest BCUT2D eigenvalue weighted by Gasteiger charge is -2.55. The molecule has 0 radical (unpaired) electrons. The number of urea groups is 1. The molecule has 4 rings (SSSR count). The van der Waals surface area contributed by atoms with E-state index in [9.17, 15) is 4.79 Å². The minimum Gasteiger partial charge on any atom is -0.350 e. The third-order valence-corrected chi connectivity index (χ3v) is 8.52. The van der Waals surface area contributed by atoms with Crippen LogP contribution in [0.15, 0.2) is 27.9 Å². The lowest BCUT2D eigenvalue weighted by molar-refractivity contribution is -0.00481. The highest BCUT2D eigenvalue weighted by atomic mass is 16.2. The van der Waals surface area contributed by atoms with Crippen LogP contribution in [-0.4, -0.2) is 11.7 Å². The van der Waals surface area contributed by atoms with Gasteiger partial charge < -0.3 is 5.73 Å². The molecule has 4 aliphatic carbocycles. The highest BCUT2D eigenvalue weighted by Gasteiger charge is 2.53. The van der Waals surface area contributed by atoms with Crippen LogP contribution in [-0.2, 0) is 0 Å². The van der Waals surface area contributed by atoms with Crippen molar-refractivity contribution in [1.29, 1.82) is 0 Å². The van der Waals surface area contributed by atoms with E-state index >= 15 is 0 Å². The number of rotatable bonds is 2. The number of allylic oxidation sites excluding steroid dienone is 4. The van der Waals surface area contributed by atoms with Gasteiger partial charge in [-0.2, -0.15) is 5.10 Å². The summed E-state index contributed by atoms with van der Waals surface area (Å²) in [6.07, 6.45) is 12.7. The zero-order valence-electron chi connectivity index (χ0n) is 17.4. The molecule has 1 saturated carbocycles. The minimum atomic E-state index is -0.595. The van der Waals surface area contributed by atoms with Gasteiger partial charge in [0.05, 0.1) is 5.71 Å². The maximum absolute atomic E-state index is 10.9. The van der Waals surface area contributed by atoms with E-state index in [4.69, 9.17) is 5.73 Å². The van der Waals surface area contributed by atoms with Gasteiger partial charge in [0, 0.05) is 0 Å². The van der Waals surface area contributed by atoms with E-state index in [1.54, 1.807) is 0 Å². The average Bonchev–Trinajstić information content (AvgIpc) is 2.94. The first-order valence-electron chi connectivity index (χ1n) is 10.7. The van der Waals surface area contributed by atoms with Crippen LogP contribution in [0.3, 0.4) is 0 Å². The van der Waals surface area contributed by atoms with Crippen molar-refractivity contribution in [3.63, 3.8) is 0 Å². The number of amides is 2. The summed E-state index contributed by atoms with van der Waals surface area (Å²) in [6, 6.07) is -0.595. The van der Waals surface area contributed by atoms with E-state index in [2.05, 4.69) is 37.4 Å². The van der Waals surface area contributed by atoms with Crippen molar-refractivity contribution in [2.75, 3.05) is 0 Å². The number of hydrogen-bond donors (Lipinski definition) is 2. The zero-order chi connectivity index (χ0) is 19.4. The van der Waals surface area contributed by atoms with Crippen LogP contribution in [0.5, 0.6) is 0 Å². The van der Waals surface area contributed by atoms with E-state index in [1.165, 1.54) is 44.1 Å². The third kappa shape index (κ3) is 3.05. The van der Waals surface area contributed by atoms with Crippen molar-refractivity contribution in [2.45, 2.75) is 79.1 Å². The first-order chi connectivity index (χ1) is 12.7. The Bertz CT molecular complexity index is 745. The molecule has 4 atom stereocenters. The first kappa shape index (κ1) is 18.8. The smallest absolute Gasteiger partial charge is 0.332 e. The second-order valence-corrected chi connectivity index (χ2v) is 10.2. The minimum absolute atomic E-state index is 0.412. The van der Waals surface area contributed by atoms with E-state index in [0.717, 1.165) is 36.3 Å². The summed E-state index contributed by atoms with van der Waals surface area (Å²) in [5, 5.41) is 4.17. The molecule has 0 spiro atoms. The highest BCUT2D eigenvalue weighted by Crippen LogP contribution is 2.63. The lowest BCUT2D eigenvalue weighted by Crippen LogP contribution is -2.47. The second-order valence-electron chi connectivity index (χ2n) is 10.2. The van der Waals surface area contributed by atoms with Crippen LogP contribution in [0, 0.1) is 28.6 Å². The zero-order valence-corrected chi connectivity index (χ0v) is 17.4. The van der Waals surface area contributed by atoms with Crippen molar-refractivity contribution in [1.82, 2.24) is 5.43 Å². The highest BCUT2D eigenvalue weighted by molar-refractivity contribution is 5.98. The van der Waals surface area contributed by atoms with Crippen LogP contribution >= 0.6 is 0 Å². The monoisotopic (exact) mass is 369 g/mol. The molecule has 2 amide bonds. The number of nitrogens with two attached hydrogens (primary N) is 1. The Morgan fingerprint density at radius 3 is 2.74 bits per heavy atom. The second kappa shape index (κ2) is 6.49. The van der Waals surface area contributed by atoms with Gasteiger partial charge in [0.25, 0.3) is 0 Å². The molecule has 4 aliphatic rings. The van der Waals surface area contributed by atoms with Gasteiger partial charge in [0.2, 0.25) is 0 Å². The normalized spacial score (nSPS) is 37.9. The van der Waals surface area contributed by atoms with Crippen LogP contribution in [0.4, 0.5) is 4.79 Å². The van der Waals surface area contributed by atoms with Gasteiger partial charge in [-0.15, -0.1) is 0 Å². The molecule has 0 aromatic rings. The molecule has 27 heavy (non-hydrogen) atoms. The lowest BCUT2D eigenvalue weighted by atomic mass is 9.49. The SMILES string of the molecule is CC(=NNC(N)=O)C1=CCC2(C)C(CCC3C4=C(CCC32)C(C)(C)CC4)C1. The number of nitrogens with one attached hydrogen (secondary N) is 1. The molecule has 4 heteroatoms. The van der Waals surface area contributed by atoms with Crippen LogP contribution in [0.2, 0.25) is 0 Å². The van der Waals surface area contributed by atoms with Gasteiger partial charge in [-0.3, -0.25) is 0 Å². The number of carbonyl (C=O) groups excluding carboxylic acids is 1. The summed E-state index contributed by atoms with van der Waals surface area (Å²) in [4.78, 5) is 10.9. The molecular weight excluding hydrogens is 334 g/mol. The largest absolute Gasteiger partial charge is 0.350 e. The summed E-state index contributed by atoms with van der Waals surface area (Å²) < 4.78 is 0. The number of nitrogens with zero attached hydrogens (tertiary/aromatic N) is 1. The molecule has 148 valence electrons. The van der Waals surface area contributed by atoms with Crippen LogP contribution in [0.25, 0.3) is 0 Å². The van der Waals surface area contributed by atoms with E-state index in [0.29, 0.717) is 10.8 Å². The summed E-state index contributed by atoms with van der Waals surface area (Å²) in [5.41, 5.74) is 14.3. The predicted molar refractivity (Wildman–Crippen MR) is 110 cm³/mol. The Morgan fingerprint density at radius 2 is 2.00 bits per heavy atom. The van der Waals surface area contributed by atoms with Crippen molar-refractivity contribution < 1.29 is 4.79 Å². The van der Waals surface area contributed by atoms with Crippen molar-refractivity contribution in [2.24, 2.45) is 39.4 Å². The number of hydrogen-bond acceptors (Lipinski definition) is 2. The molecule has 0 aromatic heterocycles. The van der Waals surface area contributed by atoms with Crippen LogP contribution < -0.4 is 11.2 Å². The Hall–Kier alpha value is -1.58. The quantitative estimate of drug-likeness (QED) is 0.386. The fraction of sp³-hybridized carbons (Fsp3) is 0.739. The Balaban J connectivity index is 1.57. The maximum Gasteiger partial charge on any atom is 0.332 e. The van der Waals surface area contributed by atoms with Gasteiger partial charge in [-0.25, -0.2) is 10.2 Å². The standard InChI is InChI=1S/C23H35N3O/c1-14(25-26-21(24)27)15-9-12-23(4)16(13-15)5-6-17-18-10-11-22(2,3)19(18)7-8-20(17)23/h9,16-17,20H,5-8,10-13H2,1-4H3,(H3,24,26,27). The van der Waals surface area contributed by atoms with Gasteiger partial charge in [-0.05, 0) is 92.4 Å². The summed E-state index contributed by atoms with van der Waals surface area (Å²) in [7, 11) is 0. The molecular formula is C23H35N3O. The molecule has 4 unspecified atom stereocenters. The average molecular weight is 370 g/mol. The van der Waals surface area contributed by atoms with Gasteiger partial charge >= 0.3 is 6.03 Å². The van der Waals surface area contributed by atoms with E-state index < -0.39 is 6.03 Å². The van der Waals surface area contributed by atoms with Gasteiger partial charge in [0.1, 0.15) is 0 Å². The molecule has 0 saturated heterocycles. The molecule has 3 N–H and O–H groups in total. The molecule has 0 heterocycles. The number of hydrazone groups is 1. The van der Waals surface area contributed by atoms with Crippen molar-refractivity contribution in [3.8, 4) is 0 Å². The summed E-state index contributed by atoms with van der Waals surface area (Å²) in [6.45, 7) is 9.46. The van der Waals surface area contributed by atoms with E-state index in [1.807, 2.05) is 18.1 Å². The van der Waals surface area contributed by atoms with Crippen LogP contribution in [0.1, 0.15) is 79.1 Å². The van der Waals surface area contributed by atoms with Gasteiger partial charge in [-0.1, -0.05) is 38.0 Å². The summed E-state index contributed by atoms with van der Waals surface area (Å²) in [5.74, 6) is 2.40. The fourth-order valence-corrected chi connectivity index (χ4v) is 6.86. The first-order valence-corrected chi connectivity index (χ1v) is 10.7.